The summed E-state index contributed by atoms with van der Waals surface area (Å²) < 4.78 is 7.34. The van der Waals surface area contributed by atoms with E-state index >= 15 is 0 Å². The van der Waals surface area contributed by atoms with Crippen LogP contribution in [0.2, 0.25) is 0 Å². The lowest BCUT2D eigenvalue weighted by molar-refractivity contribution is -0.116. The molecule has 0 saturated carbocycles. The summed E-state index contributed by atoms with van der Waals surface area (Å²) in [5, 5.41) is 11.8. The summed E-state index contributed by atoms with van der Waals surface area (Å²) in [5.41, 5.74) is 3.02. The Morgan fingerprint density at radius 2 is 2.27 bits per heavy atom. The van der Waals surface area contributed by atoms with E-state index in [2.05, 4.69) is 23.4 Å². The van der Waals surface area contributed by atoms with E-state index < -0.39 is 5.91 Å². The number of amides is 1. The van der Waals surface area contributed by atoms with Gasteiger partial charge in [-0.15, -0.1) is 6.58 Å². The normalized spacial score (nSPS) is 12.6. The molecule has 1 heterocycles. The van der Waals surface area contributed by atoms with E-state index in [9.17, 15) is 10.1 Å². The van der Waals surface area contributed by atoms with Gasteiger partial charge in [0.05, 0.1) is 12.6 Å². The number of carbonyl (C=O) groups is 1. The van der Waals surface area contributed by atoms with Crippen molar-refractivity contribution in [3.63, 3.8) is 0 Å². The lowest BCUT2D eigenvalue weighted by atomic mass is 10.1. The molecule has 1 unspecified atom stereocenters. The number of hydrogen-bond acceptors (Lipinski definition) is 3. The van der Waals surface area contributed by atoms with E-state index in [1.165, 1.54) is 0 Å². The lowest BCUT2D eigenvalue weighted by Crippen LogP contribution is -2.24. The Morgan fingerprint density at radius 1 is 1.59 bits per heavy atom. The van der Waals surface area contributed by atoms with Crippen LogP contribution in [0.3, 0.4) is 0 Å². The molecule has 0 spiro atoms. The summed E-state index contributed by atoms with van der Waals surface area (Å²) in [6.45, 7) is 10.5. The van der Waals surface area contributed by atoms with E-state index in [1.54, 1.807) is 19.3 Å². The Morgan fingerprint density at radius 3 is 2.82 bits per heavy atom. The van der Waals surface area contributed by atoms with Crippen molar-refractivity contribution in [1.29, 1.82) is 5.26 Å². The Kier molecular flexibility index (Phi) is 6.61. The van der Waals surface area contributed by atoms with Crippen molar-refractivity contribution >= 4 is 12.0 Å². The molecule has 5 nitrogen and oxygen atoms in total. The summed E-state index contributed by atoms with van der Waals surface area (Å²) in [6.07, 6.45) is 3.20. The number of nitrogens with zero attached hydrogens (tertiary/aromatic N) is 2. The molecule has 1 rings (SSSR count). The Hall–Kier alpha value is -2.32. The maximum absolute atomic E-state index is 11.9. The topological polar surface area (TPSA) is 67.0 Å². The predicted octanol–water partition coefficient (Wildman–Crippen LogP) is 2.52. The highest BCUT2D eigenvalue weighted by Crippen LogP contribution is 2.22. The van der Waals surface area contributed by atoms with Crippen LogP contribution in [-0.2, 0) is 9.53 Å². The van der Waals surface area contributed by atoms with Gasteiger partial charge in [0.25, 0.3) is 5.91 Å². The van der Waals surface area contributed by atoms with Crippen LogP contribution >= 0.6 is 0 Å². The van der Waals surface area contributed by atoms with Crippen molar-refractivity contribution in [2.45, 2.75) is 26.8 Å². The van der Waals surface area contributed by atoms with Crippen LogP contribution in [0.15, 0.2) is 24.3 Å². The van der Waals surface area contributed by atoms with Crippen molar-refractivity contribution < 1.29 is 9.53 Å². The third kappa shape index (κ3) is 4.09. The molecule has 0 bridgehead atoms. The first-order chi connectivity index (χ1) is 10.5. The number of ether oxygens (including phenoxy) is 1. The molecular weight excluding hydrogens is 278 g/mol. The number of nitriles is 1. The number of nitrogens with one attached hydrogen (secondary N) is 1. The fourth-order valence-corrected chi connectivity index (χ4v) is 2.51. The SMILES string of the molecule is C=CCNC(=O)/C(C#N)=C/c1cc(C)n(C(C)COC)c1C. The van der Waals surface area contributed by atoms with Crippen molar-refractivity contribution in [2.75, 3.05) is 20.3 Å². The molecule has 1 atom stereocenters. The highest BCUT2D eigenvalue weighted by molar-refractivity contribution is 6.01. The van der Waals surface area contributed by atoms with Gasteiger partial charge in [0.2, 0.25) is 0 Å². The van der Waals surface area contributed by atoms with Crippen LogP contribution in [0.5, 0.6) is 0 Å². The molecule has 5 heteroatoms. The fourth-order valence-electron chi connectivity index (χ4n) is 2.51. The lowest BCUT2D eigenvalue weighted by Gasteiger charge is -2.17. The van der Waals surface area contributed by atoms with Gasteiger partial charge in [0.15, 0.2) is 0 Å². The summed E-state index contributed by atoms with van der Waals surface area (Å²) >= 11 is 0. The van der Waals surface area contributed by atoms with Crippen LogP contribution < -0.4 is 5.32 Å². The fraction of sp³-hybridized carbons (Fsp3) is 0.412. The van der Waals surface area contributed by atoms with Crippen molar-refractivity contribution in [3.8, 4) is 6.07 Å². The van der Waals surface area contributed by atoms with Crippen LogP contribution in [0.25, 0.3) is 6.08 Å². The van der Waals surface area contributed by atoms with Gasteiger partial charge in [-0.3, -0.25) is 4.79 Å². The van der Waals surface area contributed by atoms with E-state index in [0.29, 0.717) is 13.2 Å². The maximum atomic E-state index is 11.9. The first-order valence-electron chi connectivity index (χ1n) is 7.14. The van der Waals surface area contributed by atoms with Gasteiger partial charge in [-0.25, -0.2) is 0 Å². The molecule has 1 aromatic heterocycles. The predicted molar refractivity (Wildman–Crippen MR) is 87.3 cm³/mol. The van der Waals surface area contributed by atoms with Crippen LogP contribution in [-0.4, -0.2) is 30.7 Å². The Bertz CT molecular complexity index is 621. The van der Waals surface area contributed by atoms with Gasteiger partial charge in [-0.05, 0) is 38.5 Å². The van der Waals surface area contributed by atoms with Gasteiger partial charge in [0, 0.05) is 25.0 Å². The molecule has 0 aromatic carbocycles. The van der Waals surface area contributed by atoms with Gasteiger partial charge in [0.1, 0.15) is 11.6 Å². The van der Waals surface area contributed by atoms with E-state index in [-0.39, 0.29) is 11.6 Å². The second-order valence-corrected chi connectivity index (χ2v) is 5.17. The maximum Gasteiger partial charge on any atom is 0.262 e. The first-order valence-corrected chi connectivity index (χ1v) is 7.14. The molecule has 0 aliphatic rings. The average molecular weight is 301 g/mol. The third-order valence-electron chi connectivity index (χ3n) is 3.44. The Balaban J connectivity index is 3.14. The zero-order valence-electron chi connectivity index (χ0n) is 13.6. The minimum absolute atomic E-state index is 0.0847. The minimum Gasteiger partial charge on any atom is -0.383 e. The van der Waals surface area contributed by atoms with E-state index in [1.807, 2.05) is 26.0 Å². The first kappa shape index (κ1) is 17.7. The standard InChI is InChI=1S/C17H23N3O2/c1-6-7-19-17(21)16(10-18)9-15-8-12(2)20(14(15)4)13(3)11-22-5/h6,8-9,13H,1,7,11H2,2-5H3,(H,19,21)/b16-9+. The van der Waals surface area contributed by atoms with Gasteiger partial charge in [-0.2, -0.15) is 5.26 Å². The molecule has 0 aliphatic heterocycles. The number of methoxy groups -OCH3 is 1. The quantitative estimate of drug-likeness (QED) is 0.478. The highest BCUT2D eigenvalue weighted by Gasteiger charge is 2.15. The summed E-state index contributed by atoms with van der Waals surface area (Å²) in [6, 6.07) is 4.11. The van der Waals surface area contributed by atoms with Gasteiger partial charge < -0.3 is 14.6 Å². The van der Waals surface area contributed by atoms with Crippen LogP contribution in [0, 0.1) is 25.2 Å². The second kappa shape index (κ2) is 8.20. The van der Waals surface area contributed by atoms with Crippen molar-refractivity contribution in [1.82, 2.24) is 9.88 Å². The molecular formula is C17H23N3O2. The molecule has 22 heavy (non-hydrogen) atoms. The number of aryl methyl sites for hydroxylation is 1. The number of carbonyl (C=O) groups excluding carboxylic acids is 1. The van der Waals surface area contributed by atoms with Crippen molar-refractivity contribution in [2.24, 2.45) is 0 Å². The Labute approximate surface area is 131 Å². The minimum atomic E-state index is -0.392. The van der Waals surface area contributed by atoms with Gasteiger partial charge >= 0.3 is 0 Å². The molecule has 0 fully saturated rings. The third-order valence-corrected chi connectivity index (χ3v) is 3.44. The highest BCUT2D eigenvalue weighted by atomic mass is 16.5. The van der Waals surface area contributed by atoms with Crippen LogP contribution in [0.4, 0.5) is 0 Å². The zero-order chi connectivity index (χ0) is 16.7. The number of rotatable bonds is 7. The summed E-state index contributed by atoms with van der Waals surface area (Å²) in [7, 11) is 1.67. The second-order valence-electron chi connectivity index (χ2n) is 5.17. The zero-order valence-corrected chi connectivity index (χ0v) is 13.6. The summed E-state index contributed by atoms with van der Waals surface area (Å²) in [5.74, 6) is -0.392. The summed E-state index contributed by atoms with van der Waals surface area (Å²) in [4.78, 5) is 11.9. The molecule has 0 aliphatic carbocycles. The average Bonchev–Trinajstić information content (AvgIpc) is 2.76. The molecule has 0 radical (unpaired) electrons. The molecule has 1 N–H and O–H groups in total. The number of hydrogen-bond donors (Lipinski definition) is 1. The molecule has 0 saturated heterocycles. The monoisotopic (exact) mass is 301 g/mol. The van der Waals surface area contributed by atoms with E-state index in [4.69, 9.17) is 4.74 Å². The smallest absolute Gasteiger partial charge is 0.262 e. The number of aromatic nitrogens is 1. The molecule has 118 valence electrons. The molecule has 1 amide bonds. The van der Waals surface area contributed by atoms with Crippen LogP contribution in [0.1, 0.15) is 29.9 Å². The molecule has 1 aromatic rings. The van der Waals surface area contributed by atoms with Gasteiger partial charge in [-0.1, -0.05) is 6.08 Å². The largest absolute Gasteiger partial charge is 0.383 e. The van der Waals surface area contributed by atoms with Crippen molar-refractivity contribution in [3.05, 3.63) is 41.2 Å². The van der Waals surface area contributed by atoms with E-state index in [0.717, 1.165) is 17.0 Å².